The van der Waals surface area contributed by atoms with Gasteiger partial charge in [-0.05, 0) is 69.2 Å². The summed E-state index contributed by atoms with van der Waals surface area (Å²) in [6.07, 6.45) is 6.61. The lowest BCUT2D eigenvalue weighted by atomic mass is 9.94. The number of cyclic esters (lactones) is 1. The van der Waals surface area contributed by atoms with Gasteiger partial charge in [0.1, 0.15) is 52.6 Å². The first-order chi connectivity index (χ1) is 23.2. The Labute approximate surface area is 279 Å². The Morgan fingerprint density at radius 3 is 2.62 bits per heavy atom. The molecule has 0 unspecified atom stereocenters. The highest BCUT2D eigenvalue weighted by atomic mass is 16.6. The number of carbonyl (C=O) groups excluding carboxylic acids is 2. The summed E-state index contributed by atoms with van der Waals surface area (Å²) in [4.78, 5) is 41.0. The van der Waals surface area contributed by atoms with Crippen molar-refractivity contribution in [3.05, 3.63) is 84.5 Å². The quantitative estimate of drug-likeness (QED) is 0.220. The van der Waals surface area contributed by atoms with Crippen molar-refractivity contribution in [1.82, 2.24) is 29.1 Å². The van der Waals surface area contributed by atoms with Crippen LogP contribution in [0.5, 0.6) is 11.5 Å². The second-order valence-electron chi connectivity index (χ2n) is 13.1. The lowest BCUT2D eigenvalue weighted by Gasteiger charge is -2.43. The van der Waals surface area contributed by atoms with Gasteiger partial charge in [-0.3, -0.25) is 19.0 Å². The number of imidazole rings is 1. The van der Waals surface area contributed by atoms with Crippen LogP contribution >= 0.6 is 0 Å². The van der Waals surface area contributed by atoms with Crippen molar-refractivity contribution in [2.75, 3.05) is 45.1 Å². The fourth-order valence-corrected chi connectivity index (χ4v) is 7.02. The van der Waals surface area contributed by atoms with Gasteiger partial charge in [0.25, 0.3) is 5.91 Å². The Balaban J connectivity index is 1.11. The molecule has 2 atom stereocenters. The zero-order chi connectivity index (χ0) is 33.4. The number of amides is 2. The van der Waals surface area contributed by atoms with Gasteiger partial charge in [-0.2, -0.15) is 5.26 Å². The molecule has 12 heteroatoms. The Bertz CT molecular complexity index is 1910. The van der Waals surface area contributed by atoms with Crippen LogP contribution in [-0.4, -0.2) is 92.0 Å². The van der Waals surface area contributed by atoms with Crippen molar-refractivity contribution in [3.63, 3.8) is 0 Å². The minimum atomic E-state index is -0.575. The first-order valence-electron chi connectivity index (χ1n) is 16.3. The van der Waals surface area contributed by atoms with Gasteiger partial charge in [0.05, 0.1) is 6.04 Å². The molecule has 2 aromatic heterocycles. The average molecular weight is 647 g/mol. The Kier molecular flexibility index (Phi) is 8.23. The van der Waals surface area contributed by atoms with E-state index in [1.807, 2.05) is 79.0 Å². The lowest BCUT2D eigenvalue weighted by molar-refractivity contribution is -0.128. The van der Waals surface area contributed by atoms with Crippen LogP contribution in [-0.2, 0) is 9.53 Å². The highest BCUT2D eigenvalue weighted by molar-refractivity contribution is 5.97. The van der Waals surface area contributed by atoms with Crippen molar-refractivity contribution < 1.29 is 19.1 Å². The van der Waals surface area contributed by atoms with E-state index < -0.39 is 5.54 Å². The highest BCUT2D eigenvalue weighted by Crippen LogP contribution is 2.35. The molecule has 3 aliphatic rings. The van der Waals surface area contributed by atoms with Crippen LogP contribution in [0.1, 0.15) is 38.4 Å². The number of hydrogen-bond acceptors (Lipinski definition) is 9. The standard InChI is InChI=1S/C36H38N8O4/c1-36(2,42-17-18-43-27(22-42)23-47-35(43)46)19-26(20-37)34(45)41-15-6-7-25(21-41)33-40-30(31-32(38)39-14-16-44(31)33)24-10-12-29(13-11-24)48-28-8-4-3-5-9-28/h3-5,8-14,16,19,25,27H,6-7,15,17-18,21-23H2,1-2H3,(H2,38,39)/t25-,27-/m1/s1. The van der Waals surface area contributed by atoms with E-state index in [2.05, 4.69) is 16.0 Å². The molecule has 5 heterocycles. The first-order valence-corrected chi connectivity index (χ1v) is 16.3. The number of anilines is 1. The Hall–Kier alpha value is -5.41. The van der Waals surface area contributed by atoms with Crippen LogP contribution in [0.25, 0.3) is 16.8 Å². The van der Waals surface area contributed by atoms with E-state index >= 15 is 0 Å². The molecule has 7 rings (SSSR count). The third-order valence-electron chi connectivity index (χ3n) is 9.57. The number of fused-ring (bicyclic) bond motifs is 2. The van der Waals surface area contributed by atoms with E-state index in [1.165, 1.54) is 0 Å². The normalized spacial score (nSPS) is 20.4. The number of likely N-dealkylation sites (tertiary alicyclic amines) is 1. The molecule has 246 valence electrons. The fraction of sp³-hybridized carbons (Fsp3) is 0.361. The second-order valence-corrected chi connectivity index (χ2v) is 13.1. The SMILES string of the molecule is CC(C)(C=C(C#N)C(=O)N1CCC[C@@H](c2nc(-c3ccc(Oc4ccccc4)cc3)c3c(N)nccn23)C1)N1CCN2C(=O)OC[C@H]2C1. The highest BCUT2D eigenvalue weighted by Gasteiger charge is 2.41. The summed E-state index contributed by atoms with van der Waals surface area (Å²) >= 11 is 0. The van der Waals surface area contributed by atoms with Gasteiger partial charge in [0, 0.05) is 62.1 Å². The van der Waals surface area contributed by atoms with Gasteiger partial charge in [0.15, 0.2) is 0 Å². The zero-order valence-corrected chi connectivity index (χ0v) is 27.1. The number of ether oxygens (including phenoxy) is 2. The average Bonchev–Trinajstić information content (AvgIpc) is 3.69. The molecular formula is C36H38N8O4. The largest absolute Gasteiger partial charge is 0.457 e. The monoisotopic (exact) mass is 646 g/mol. The van der Waals surface area contributed by atoms with Gasteiger partial charge in [0.2, 0.25) is 0 Å². The Morgan fingerprint density at radius 2 is 1.85 bits per heavy atom. The van der Waals surface area contributed by atoms with Crippen molar-refractivity contribution in [1.29, 1.82) is 5.26 Å². The molecule has 4 aromatic rings. The number of nitrogens with zero attached hydrogens (tertiary/aromatic N) is 7. The van der Waals surface area contributed by atoms with Crippen LogP contribution in [0.3, 0.4) is 0 Å². The minimum Gasteiger partial charge on any atom is -0.457 e. The van der Waals surface area contributed by atoms with Crippen molar-refractivity contribution in [2.45, 2.75) is 44.2 Å². The number of para-hydroxylation sites is 1. The number of nitrogens with two attached hydrogens (primary N) is 1. The maximum absolute atomic E-state index is 13.9. The van der Waals surface area contributed by atoms with E-state index in [-0.39, 0.29) is 29.5 Å². The van der Waals surface area contributed by atoms with E-state index in [0.29, 0.717) is 62.1 Å². The van der Waals surface area contributed by atoms with E-state index in [1.54, 1.807) is 22.1 Å². The summed E-state index contributed by atoms with van der Waals surface area (Å²) < 4.78 is 13.2. The van der Waals surface area contributed by atoms with Crippen LogP contribution in [0.15, 0.2) is 78.6 Å². The molecular weight excluding hydrogens is 608 g/mol. The minimum absolute atomic E-state index is 0.0259. The van der Waals surface area contributed by atoms with Gasteiger partial charge in [-0.25, -0.2) is 14.8 Å². The molecule has 2 aromatic carbocycles. The summed E-state index contributed by atoms with van der Waals surface area (Å²) in [5.41, 5.74) is 8.25. The number of piperidine rings is 1. The third-order valence-corrected chi connectivity index (χ3v) is 9.57. The molecule has 0 spiro atoms. The molecule has 3 fully saturated rings. The molecule has 0 saturated carbocycles. The molecule has 48 heavy (non-hydrogen) atoms. The summed E-state index contributed by atoms with van der Waals surface area (Å²) in [7, 11) is 0. The lowest BCUT2D eigenvalue weighted by Crippen LogP contribution is -2.58. The number of rotatable bonds is 7. The van der Waals surface area contributed by atoms with E-state index in [4.69, 9.17) is 20.2 Å². The van der Waals surface area contributed by atoms with E-state index in [0.717, 1.165) is 30.0 Å². The predicted molar refractivity (Wildman–Crippen MR) is 179 cm³/mol. The first kappa shape index (κ1) is 31.2. The Morgan fingerprint density at radius 1 is 1.08 bits per heavy atom. The summed E-state index contributed by atoms with van der Waals surface area (Å²) in [6, 6.07) is 19.5. The molecule has 12 nitrogen and oxygen atoms in total. The van der Waals surface area contributed by atoms with E-state index in [9.17, 15) is 14.9 Å². The summed E-state index contributed by atoms with van der Waals surface area (Å²) in [5, 5.41) is 10.2. The molecule has 3 aliphatic heterocycles. The topological polar surface area (TPSA) is 142 Å². The van der Waals surface area contributed by atoms with Crippen molar-refractivity contribution in [2.24, 2.45) is 0 Å². The van der Waals surface area contributed by atoms with Gasteiger partial charge >= 0.3 is 6.09 Å². The van der Waals surface area contributed by atoms with Crippen LogP contribution in [0.4, 0.5) is 10.6 Å². The molecule has 3 saturated heterocycles. The number of nitrogen functional groups attached to an aromatic ring is 1. The van der Waals surface area contributed by atoms with Crippen LogP contribution < -0.4 is 10.5 Å². The van der Waals surface area contributed by atoms with Crippen LogP contribution in [0, 0.1) is 11.3 Å². The predicted octanol–water partition coefficient (Wildman–Crippen LogP) is 4.84. The fourth-order valence-electron chi connectivity index (χ4n) is 7.02. The maximum Gasteiger partial charge on any atom is 0.410 e. The number of aromatic nitrogens is 3. The number of nitriles is 1. The number of piperazine rings is 1. The zero-order valence-electron chi connectivity index (χ0n) is 27.1. The molecule has 2 amide bonds. The molecule has 0 radical (unpaired) electrons. The molecule has 0 aliphatic carbocycles. The van der Waals surface area contributed by atoms with Gasteiger partial charge < -0.3 is 20.1 Å². The van der Waals surface area contributed by atoms with Gasteiger partial charge in [-0.15, -0.1) is 0 Å². The summed E-state index contributed by atoms with van der Waals surface area (Å²) in [5.74, 6) is 2.26. The van der Waals surface area contributed by atoms with Crippen LogP contribution in [0.2, 0.25) is 0 Å². The van der Waals surface area contributed by atoms with Crippen molar-refractivity contribution in [3.8, 4) is 28.8 Å². The molecule has 0 bridgehead atoms. The maximum atomic E-state index is 13.9. The van der Waals surface area contributed by atoms with Gasteiger partial charge in [-0.1, -0.05) is 18.2 Å². The smallest absolute Gasteiger partial charge is 0.410 e. The number of carbonyl (C=O) groups is 2. The number of hydrogen-bond donors (Lipinski definition) is 1. The second kappa shape index (κ2) is 12.7. The van der Waals surface area contributed by atoms with Crippen molar-refractivity contribution >= 4 is 23.3 Å². The summed E-state index contributed by atoms with van der Waals surface area (Å²) in [6.45, 7) is 7.13. The number of benzene rings is 2. The molecule has 2 N–H and O–H groups in total. The third kappa shape index (κ3) is 5.93.